The summed E-state index contributed by atoms with van der Waals surface area (Å²) in [6, 6.07) is 18.1. The van der Waals surface area contributed by atoms with Crippen LogP contribution in [0.3, 0.4) is 0 Å². The predicted molar refractivity (Wildman–Crippen MR) is 91.1 cm³/mol. The van der Waals surface area contributed by atoms with Gasteiger partial charge in [0.05, 0.1) is 6.54 Å². The fourth-order valence-electron chi connectivity index (χ4n) is 2.04. The largest absolute Gasteiger partial charge is 0.376 e. The highest BCUT2D eigenvalue weighted by Gasteiger charge is 2.00. The lowest BCUT2D eigenvalue weighted by Gasteiger charge is -2.07. The first-order valence-corrected chi connectivity index (χ1v) is 7.39. The maximum absolute atomic E-state index is 11.7. The molecule has 114 valence electrons. The van der Waals surface area contributed by atoms with Crippen LogP contribution in [0.5, 0.6) is 0 Å². The maximum Gasteiger partial charge on any atom is 0.259 e. The van der Waals surface area contributed by atoms with E-state index in [0.717, 1.165) is 24.1 Å². The quantitative estimate of drug-likeness (QED) is 0.609. The number of benzene rings is 2. The molecule has 0 saturated carbocycles. The van der Waals surface area contributed by atoms with E-state index in [1.165, 1.54) is 5.56 Å². The molecular weight excluding hydrogens is 274 g/mol. The number of hydrogen-bond acceptors (Lipinski definition) is 3. The van der Waals surface area contributed by atoms with Gasteiger partial charge in [-0.1, -0.05) is 48.5 Å². The third-order valence-corrected chi connectivity index (χ3v) is 3.27. The van der Waals surface area contributed by atoms with E-state index in [4.69, 9.17) is 0 Å². The normalized spacial score (nSPS) is 10.6. The molecule has 0 bridgehead atoms. The molecule has 0 heterocycles. The highest BCUT2D eigenvalue weighted by molar-refractivity contribution is 5.81. The second kappa shape index (κ2) is 8.62. The number of hydrogen-bond donors (Lipinski definition) is 2. The zero-order valence-electron chi connectivity index (χ0n) is 12.8. The van der Waals surface area contributed by atoms with Gasteiger partial charge in [-0.2, -0.15) is 5.10 Å². The molecule has 1 amide bonds. The van der Waals surface area contributed by atoms with Crippen molar-refractivity contribution in [3.05, 3.63) is 65.7 Å². The molecule has 2 aromatic rings. The maximum atomic E-state index is 11.7. The van der Waals surface area contributed by atoms with Gasteiger partial charge in [0.15, 0.2) is 0 Å². The van der Waals surface area contributed by atoms with E-state index in [1.54, 1.807) is 6.21 Å². The molecule has 0 aliphatic rings. The highest BCUT2D eigenvalue weighted by atomic mass is 16.2. The first-order valence-electron chi connectivity index (χ1n) is 7.39. The average molecular weight is 295 g/mol. The minimum Gasteiger partial charge on any atom is -0.376 e. The molecule has 0 radical (unpaired) electrons. The van der Waals surface area contributed by atoms with Crippen molar-refractivity contribution in [3.8, 4) is 0 Å². The number of amides is 1. The summed E-state index contributed by atoms with van der Waals surface area (Å²) in [5.41, 5.74) is 5.87. The SMILES string of the molecule is Cc1ccccc1NCC(=O)N/N=C/CCc1ccccc1. The summed E-state index contributed by atoms with van der Waals surface area (Å²) in [5.74, 6) is -0.154. The summed E-state index contributed by atoms with van der Waals surface area (Å²) in [4.78, 5) is 11.7. The number of aryl methyl sites for hydroxylation is 2. The van der Waals surface area contributed by atoms with Gasteiger partial charge in [0.25, 0.3) is 5.91 Å². The minimum absolute atomic E-state index is 0.154. The van der Waals surface area contributed by atoms with E-state index in [9.17, 15) is 4.79 Å². The monoisotopic (exact) mass is 295 g/mol. The Hall–Kier alpha value is -2.62. The van der Waals surface area contributed by atoms with Crippen molar-refractivity contribution in [2.75, 3.05) is 11.9 Å². The summed E-state index contributed by atoms with van der Waals surface area (Å²) in [6.07, 6.45) is 3.45. The Morgan fingerprint density at radius 2 is 1.82 bits per heavy atom. The number of carbonyl (C=O) groups is 1. The van der Waals surface area contributed by atoms with Gasteiger partial charge in [-0.05, 0) is 37.0 Å². The molecule has 2 aromatic carbocycles. The number of rotatable bonds is 7. The van der Waals surface area contributed by atoms with Crippen LogP contribution >= 0.6 is 0 Å². The van der Waals surface area contributed by atoms with Gasteiger partial charge in [0.1, 0.15) is 0 Å². The number of para-hydroxylation sites is 1. The smallest absolute Gasteiger partial charge is 0.259 e. The first kappa shape index (κ1) is 15.8. The third-order valence-electron chi connectivity index (χ3n) is 3.27. The van der Waals surface area contributed by atoms with Crippen LogP contribution in [0.4, 0.5) is 5.69 Å². The number of carbonyl (C=O) groups excluding carboxylic acids is 1. The lowest BCUT2D eigenvalue weighted by molar-refractivity contribution is -0.119. The van der Waals surface area contributed by atoms with Crippen molar-refractivity contribution < 1.29 is 4.79 Å². The molecule has 0 aliphatic heterocycles. The fourth-order valence-corrected chi connectivity index (χ4v) is 2.04. The van der Waals surface area contributed by atoms with Crippen LogP contribution in [-0.2, 0) is 11.2 Å². The second-order valence-corrected chi connectivity index (χ2v) is 5.04. The molecule has 22 heavy (non-hydrogen) atoms. The van der Waals surface area contributed by atoms with Crippen LogP contribution in [0, 0.1) is 6.92 Å². The number of nitrogens with one attached hydrogen (secondary N) is 2. The van der Waals surface area contributed by atoms with E-state index in [0.29, 0.717) is 0 Å². The standard InChI is InChI=1S/C18H21N3O/c1-15-8-5-6-12-17(15)19-14-18(22)21-20-13-7-11-16-9-3-2-4-10-16/h2-6,8-10,12-13,19H,7,11,14H2,1H3,(H,21,22)/b20-13+. The summed E-state index contributed by atoms with van der Waals surface area (Å²) < 4.78 is 0. The average Bonchev–Trinajstić information content (AvgIpc) is 2.55. The van der Waals surface area contributed by atoms with Crippen LogP contribution < -0.4 is 10.7 Å². The van der Waals surface area contributed by atoms with Crippen LogP contribution in [-0.4, -0.2) is 18.7 Å². The van der Waals surface area contributed by atoms with Gasteiger partial charge < -0.3 is 5.32 Å². The van der Waals surface area contributed by atoms with E-state index < -0.39 is 0 Å². The Morgan fingerprint density at radius 3 is 2.59 bits per heavy atom. The van der Waals surface area contributed by atoms with Gasteiger partial charge in [-0.25, -0.2) is 5.43 Å². The molecule has 0 saturated heterocycles. The van der Waals surface area contributed by atoms with E-state index in [2.05, 4.69) is 28.0 Å². The van der Waals surface area contributed by atoms with E-state index in [-0.39, 0.29) is 12.5 Å². The van der Waals surface area contributed by atoms with Gasteiger partial charge >= 0.3 is 0 Å². The molecule has 4 heteroatoms. The molecule has 0 aromatic heterocycles. The van der Waals surface area contributed by atoms with Crippen molar-refractivity contribution in [1.82, 2.24) is 5.43 Å². The second-order valence-electron chi connectivity index (χ2n) is 5.04. The van der Waals surface area contributed by atoms with Crippen LogP contribution in [0.25, 0.3) is 0 Å². The zero-order chi connectivity index (χ0) is 15.6. The Balaban J connectivity index is 1.65. The van der Waals surface area contributed by atoms with Gasteiger partial charge in [0.2, 0.25) is 0 Å². The van der Waals surface area contributed by atoms with Crippen molar-refractivity contribution in [3.63, 3.8) is 0 Å². The number of anilines is 1. The minimum atomic E-state index is -0.154. The summed E-state index contributed by atoms with van der Waals surface area (Å²) >= 11 is 0. The molecule has 2 rings (SSSR count). The topological polar surface area (TPSA) is 53.5 Å². The molecule has 4 nitrogen and oxygen atoms in total. The molecule has 0 fully saturated rings. The van der Waals surface area contributed by atoms with Crippen molar-refractivity contribution >= 4 is 17.8 Å². The van der Waals surface area contributed by atoms with Crippen molar-refractivity contribution in [2.24, 2.45) is 5.10 Å². The molecule has 0 spiro atoms. The molecule has 2 N–H and O–H groups in total. The predicted octanol–water partition coefficient (Wildman–Crippen LogP) is 3.14. The Morgan fingerprint density at radius 1 is 1.09 bits per heavy atom. The summed E-state index contributed by atoms with van der Waals surface area (Å²) in [7, 11) is 0. The highest BCUT2D eigenvalue weighted by Crippen LogP contribution is 2.12. The van der Waals surface area contributed by atoms with Gasteiger partial charge in [-0.15, -0.1) is 0 Å². The summed E-state index contributed by atoms with van der Waals surface area (Å²) in [5, 5.41) is 7.05. The van der Waals surface area contributed by atoms with Crippen molar-refractivity contribution in [2.45, 2.75) is 19.8 Å². The Labute approximate surface area is 131 Å². The molecule has 0 aliphatic carbocycles. The van der Waals surface area contributed by atoms with Crippen LogP contribution in [0.1, 0.15) is 17.5 Å². The van der Waals surface area contributed by atoms with Crippen LogP contribution in [0.15, 0.2) is 59.7 Å². The first-order chi connectivity index (χ1) is 10.8. The van der Waals surface area contributed by atoms with Crippen LogP contribution in [0.2, 0.25) is 0 Å². The fraction of sp³-hybridized carbons (Fsp3) is 0.222. The zero-order valence-corrected chi connectivity index (χ0v) is 12.8. The lowest BCUT2D eigenvalue weighted by Crippen LogP contribution is -2.26. The lowest BCUT2D eigenvalue weighted by atomic mass is 10.1. The molecule has 0 unspecified atom stereocenters. The number of nitrogens with zero attached hydrogens (tertiary/aromatic N) is 1. The Kier molecular flexibility index (Phi) is 6.18. The summed E-state index contributed by atoms with van der Waals surface area (Å²) in [6.45, 7) is 2.21. The van der Waals surface area contributed by atoms with Gasteiger partial charge in [-0.3, -0.25) is 4.79 Å². The molecular formula is C18H21N3O. The van der Waals surface area contributed by atoms with Gasteiger partial charge in [0, 0.05) is 11.9 Å². The molecule has 0 atom stereocenters. The Bertz CT molecular complexity index is 623. The van der Waals surface area contributed by atoms with E-state index in [1.807, 2.05) is 49.4 Å². The third kappa shape index (κ3) is 5.40. The van der Waals surface area contributed by atoms with E-state index >= 15 is 0 Å². The van der Waals surface area contributed by atoms with Crippen molar-refractivity contribution in [1.29, 1.82) is 0 Å². The number of hydrazone groups is 1.